The number of aryl methyl sites for hydroxylation is 1. The van der Waals surface area contributed by atoms with E-state index in [0.29, 0.717) is 11.6 Å². The molecule has 1 aromatic heterocycles. The zero-order valence-electron chi connectivity index (χ0n) is 10.3. The van der Waals surface area contributed by atoms with E-state index in [2.05, 4.69) is 9.97 Å². The third-order valence-electron chi connectivity index (χ3n) is 2.73. The molecule has 19 heavy (non-hydrogen) atoms. The number of aromatic nitrogens is 2. The van der Waals surface area contributed by atoms with Gasteiger partial charge >= 0.3 is 0 Å². The van der Waals surface area contributed by atoms with Crippen LogP contribution in [-0.2, 0) is 0 Å². The van der Waals surface area contributed by atoms with Gasteiger partial charge in [-0.3, -0.25) is 0 Å². The Balaban J connectivity index is 2.00. The minimum Gasteiger partial charge on any atom is -0.436 e. The highest BCUT2D eigenvalue weighted by molar-refractivity contribution is 6.31. The van der Waals surface area contributed by atoms with E-state index < -0.39 is 0 Å². The van der Waals surface area contributed by atoms with Gasteiger partial charge < -0.3 is 4.74 Å². The van der Waals surface area contributed by atoms with Crippen LogP contribution in [0.5, 0.6) is 11.6 Å². The van der Waals surface area contributed by atoms with E-state index in [1.165, 1.54) is 5.56 Å². The van der Waals surface area contributed by atoms with Crippen molar-refractivity contribution in [2.75, 3.05) is 0 Å². The van der Waals surface area contributed by atoms with Gasteiger partial charge in [0.25, 0.3) is 5.88 Å². The average Bonchev–Trinajstić information content (AvgIpc) is 2.42. The fourth-order valence-electron chi connectivity index (χ4n) is 1.75. The Labute approximate surface area is 115 Å². The predicted molar refractivity (Wildman–Crippen MR) is 75.8 cm³/mol. The molecule has 0 saturated heterocycles. The lowest BCUT2D eigenvalue weighted by Crippen LogP contribution is -1.93. The molecule has 3 rings (SSSR count). The molecule has 3 aromatic rings. The van der Waals surface area contributed by atoms with Crippen molar-refractivity contribution in [3.63, 3.8) is 0 Å². The van der Waals surface area contributed by atoms with Crippen LogP contribution in [0.2, 0.25) is 5.15 Å². The molecule has 0 spiro atoms. The first kappa shape index (κ1) is 11.9. The quantitative estimate of drug-likeness (QED) is 0.693. The van der Waals surface area contributed by atoms with Gasteiger partial charge in [-0.2, -0.15) is 0 Å². The minimum atomic E-state index is 0.263. The van der Waals surface area contributed by atoms with Crippen LogP contribution in [0.15, 0.2) is 48.5 Å². The maximum absolute atomic E-state index is 6.09. The van der Waals surface area contributed by atoms with Crippen molar-refractivity contribution >= 4 is 22.6 Å². The van der Waals surface area contributed by atoms with Gasteiger partial charge in [-0.15, -0.1) is 0 Å². The highest BCUT2D eigenvalue weighted by Gasteiger charge is 2.08. The molecule has 0 unspecified atom stereocenters. The number of ether oxygens (including phenoxy) is 1. The van der Waals surface area contributed by atoms with Crippen LogP contribution in [0.25, 0.3) is 11.0 Å². The number of benzene rings is 2. The molecular weight excluding hydrogens is 260 g/mol. The van der Waals surface area contributed by atoms with Crippen LogP contribution in [0, 0.1) is 6.92 Å². The van der Waals surface area contributed by atoms with E-state index in [4.69, 9.17) is 16.3 Å². The van der Waals surface area contributed by atoms with Crippen LogP contribution >= 0.6 is 11.6 Å². The summed E-state index contributed by atoms with van der Waals surface area (Å²) in [6.07, 6.45) is 0. The minimum absolute atomic E-state index is 0.263. The lowest BCUT2D eigenvalue weighted by Gasteiger charge is -2.07. The zero-order valence-corrected chi connectivity index (χ0v) is 11.1. The number of nitrogens with zero attached hydrogens (tertiary/aromatic N) is 2. The molecule has 0 aliphatic carbocycles. The van der Waals surface area contributed by atoms with Crippen molar-refractivity contribution < 1.29 is 4.74 Å². The van der Waals surface area contributed by atoms with E-state index in [0.717, 1.165) is 11.0 Å². The van der Waals surface area contributed by atoms with E-state index >= 15 is 0 Å². The smallest absolute Gasteiger partial charge is 0.258 e. The Hall–Kier alpha value is -2.13. The van der Waals surface area contributed by atoms with Gasteiger partial charge in [-0.05, 0) is 31.2 Å². The number of para-hydroxylation sites is 2. The third kappa shape index (κ3) is 2.51. The standard InChI is InChI=1S/C15H11ClN2O/c1-10-6-8-11(9-7-10)19-15-14(16)17-12-4-2-3-5-13(12)18-15/h2-9H,1H3. The molecular formula is C15H11ClN2O. The summed E-state index contributed by atoms with van der Waals surface area (Å²) in [5.74, 6) is 1.02. The Kier molecular flexibility index (Phi) is 3.05. The summed E-state index contributed by atoms with van der Waals surface area (Å²) in [6.45, 7) is 2.02. The summed E-state index contributed by atoms with van der Waals surface area (Å²) in [7, 11) is 0. The molecule has 0 radical (unpaired) electrons. The first-order valence-corrected chi connectivity index (χ1v) is 6.27. The van der Waals surface area contributed by atoms with E-state index in [-0.39, 0.29) is 5.15 Å². The van der Waals surface area contributed by atoms with Crippen molar-refractivity contribution in [1.82, 2.24) is 9.97 Å². The normalized spacial score (nSPS) is 10.6. The molecule has 0 aliphatic rings. The summed E-state index contributed by atoms with van der Waals surface area (Å²) in [4.78, 5) is 8.64. The highest BCUT2D eigenvalue weighted by atomic mass is 35.5. The van der Waals surface area contributed by atoms with Gasteiger partial charge in [0.1, 0.15) is 5.75 Å². The summed E-state index contributed by atoms with van der Waals surface area (Å²) in [5.41, 5.74) is 2.68. The molecule has 94 valence electrons. The number of fused-ring (bicyclic) bond motifs is 1. The van der Waals surface area contributed by atoms with Crippen LogP contribution in [-0.4, -0.2) is 9.97 Å². The van der Waals surface area contributed by atoms with Crippen LogP contribution in [0.1, 0.15) is 5.56 Å². The molecule has 0 N–H and O–H groups in total. The van der Waals surface area contributed by atoms with Gasteiger partial charge in [0, 0.05) is 0 Å². The Morgan fingerprint density at radius 2 is 1.53 bits per heavy atom. The summed E-state index contributed by atoms with van der Waals surface area (Å²) in [5, 5.41) is 0.263. The van der Waals surface area contributed by atoms with E-state index in [9.17, 15) is 0 Å². The zero-order chi connectivity index (χ0) is 13.2. The molecule has 0 amide bonds. The molecule has 4 heteroatoms. The van der Waals surface area contributed by atoms with Gasteiger partial charge in [0.05, 0.1) is 11.0 Å². The fourth-order valence-corrected chi connectivity index (χ4v) is 1.92. The van der Waals surface area contributed by atoms with Crippen LogP contribution in [0.3, 0.4) is 0 Å². The van der Waals surface area contributed by atoms with Gasteiger partial charge in [-0.1, -0.05) is 41.4 Å². The SMILES string of the molecule is Cc1ccc(Oc2nc3ccccc3nc2Cl)cc1. The number of halogens is 1. The maximum atomic E-state index is 6.09. The van der Waals surface area contributed by atoms with Gasteiger partial charge in [0.15, 0.2) is 5.15 Å². The summed E-state index contributed by atoms with van der Waals surface area (Å²) in [6, 6.07) is 15.2. The maximum Gasteiger partial charge on any atom is 0.258 e. The fraction of sp³-hybridized carbons (Fsp3) is 0.0667. The lowest BCUT2D eigenvalue weighted by molar-refractivity contribution is 0.463. The molecule has 0 aliphatic heterocycles. The Morgan fingerprint density at radius 3 is 2.21 bits per heavy atom. The van der Waals surface area contributed by atoms with Gasteiger partial charge in [0.2, 0.25) is 0 Å². The topological polar surface area (TPSA) is 35.0 Å². The van der Waals surface area contributed by atoms with Crippen LogP contribution in [0.4, 0.5) is 0 Å². The van der Waals surface area contributed by atoms with E-state index in [1.54, 1.807) is 0 Å². The first-order valence-electron chi connectivity index (χ1n) is 5.89. The Morgan fingerprint density at radius 1 is 0.895 bits per heavy atom. The second-order valence-electron chi connectivity index (χ2n) is 4.22. The summed E-state index contributed by atoms with van der Waals surface area (Å²) < 4.78 is 5.67. The predicted octanol–water partition coefficient (Wildman–Crippen LogP) is 4.38. The summed E-state index contributed by atoms with van der Waals surface area (Å²) >= 11 is 6.09. The molecule has 0 fully saturated rings. The average molecular weight is 271 g/mol. The molecule has 0 bridgehead atoms. The van der Waals surface area contributed by atoms with Crippen molar-refractivity contribution in [3.05, 3.63) is 59.2 Å². The molecule has 0 saturated carbocycles. The molecule has 2 aromatic carbocycles. The molecule has 0 atom stereocenters. The second kappa shape index (κ2) is 4.86. The van der Waals surface area contributed by atoms with Crippen molar-refractivity contribution in [2.24, 2.45) is 0 Å². The van der Waals surface area contributed by atoms with Crippen molar-refractivity contribution in [2.45, 2.75) is 6.92 Å². The number of hydrogen-bond donors (Lipinski definition) is 0. The Bertz CT molecular complexity index is 726. The molecule has 3 nitrogen and oxygen atoms in total. The van der Waals surface area contributed by atoms with Crippen LogP contribution < -0.4 is 4.74 Å². The second-order valence-corrected chi connectivity index (χ2v) is 4.58. The largest absolute Gasteiger partial charge is 0.436 e. The molecule has 1 heterocycles. The van der Waals surface area contributed by atoms with Crippen molar-refractivity contribution in [1.29, 1.82) is 0 Å². The lowest BCUT2D eigenvalue weighted by atomic mass is 10.2. The van der Waals surface area contributed by atoms with Gasteiger partial charge in [-0.25, -0.2) is 9.97 Å². The number of hydrogen-bond acceptors (Lipinski definition) is 3. The highest BCUT2D eigenvalue weighted by Crippen LogP contribution is 2.27. The number of rotatable bonds is 2. The third-order valence-corrected chi connectivity index (χ3v) is 2.98. The van der Waals surface area contributed by atoms with Crippen molar-refractivity contribution in [3.8, 4) is 11.6 Å². The monoisotopic (exact) mass is 270 g/mol. The van der Waals surface area contributed by atoms with E-state index in [1.807, 2.05) is 55.5 Å². The first-order chi connectivity index (χ1) is 9.22.